The van der Waals surface area contributed by atoms with Crippen molar-refractivity contribution in [1.82, 2.24) is 15.2 Å². The molecular formula is C31H38BrN5O2. The standard InChI is InChI=1S/C31H38BrN5O2/c1-6-37(7-2)17-16-36(5)21-24-10-12-26(13-11-24)30(38)34-29-15-14-27(32)19-28(29)31(39)35-33-20-25-9-8-22(3)23(4)18-25/h8-15,18-20H,6-7,16-17,21H2,1-5H3,(H,34,38)(H,35,39)/b33-20+. The monoisotopic (exact) mass is 591 g/mol. The van der Waals surface area contributed by atoms with E-state index in [0.717, 1.165) is 53.9 Å². The van der Waals surface area contributed by atoms with E-state index in [1.807, 2.05) is 56.3 Å². The molecule has 3 rings (SSSR count). The van der Waals surface area contributed by atoms with Crippen LogP contribution in [0.1, 0.15) is 56.8 Å². The molecule has 8 heteroatoms. The van der Waals surface area contributed by atoms with Gasteiger partial charge in [-0.15, -0.1) is 0 Å². The molecule has 0 heterocycles. The first-order chi connectivity index (χ1) is 18.7. The van der Waals surface area contributed by atoms with Crippen molar-refractivity contribution < 1.29 is 9.59 Å². The Labute approximate surface area is 240 Å². The number of anilines is 1. The van der Waals surface area contributed by atoms with Crippen LogP contribution in [0.4, 0.5) is 5.69 Å². The number of hydrogen-bond donors (Lipinski definition) is 2. The second-order valence-corrected chi connectivity index (χ2v) is 10.6. The highest BCUT2D eigenvalue weighted by Gasteiger charge is 2.15. The van der Waals surface area contributed by atoms with E-state index < -0.39 is 5.91 Å². The Bertz CT molecular complexity index is 1300. The van der Waals surface area contributed by atoms with Crippen molar-refractivity contribution in [3.05, 3.63) is 98.5 Å². The van der Waals surface area contributed by atoms with Gasteiger partial charge in [0, 0.05) is 29.7 Å². The van der Waals surface area contributed by atoms with Crippen LogP contribution in [0, 0.1) is 13.8 Å². The number of nitrogens with one attached hydrogen (secondary N) is 2. The molecule has 0 atom stereocenters. The van der Waals surface area contributed by atoms with Crippen molar-refractivity contribution in [2.24, 2.45) is 5.10 Å². The molecular weight excluding hydrogens is 554 g/mol. The summed E-state index contributed by atoms with van der Waals surface area (Å²) < 4.78 is 0.721. The van der Waals surface area contributed by atoms with Gasteiger partial charge in [0.05, 0.1) is 17.5 Å². The van der Waals surface area contributed by atoms with E-state index in [9.17, 15) is 9.59 Å². The molecule has 0 aliphatic heterocycles. The molecule has 0 saturated carbocycles. The minimum Gasteiger partial charge on any atom is -0.321 e. The molecule has 3 aromatic carbocycles. The molecule has 3 aromatic rings. The number of hydrogen-bond acceptors (Lipinski definition) is 5. The highest BCUT2D eigenvalue weighted by Crippen LogP contribution is 2.22. The third-order valence-electron chi connectivity index (χ3n) is 6.75. The lowest BCUT2D eigenvalue weighted by Gasteiger charge is -2.23. The van der Waals surface area contributed by atoms with E-state index in [1.165, 1.54) is 5.56 Å². The number of carbonyl (C=O) groups excluding carboxylic acids is 2. The molecule has 0 aliphatic carbocycles. The van der Waals surface area contributed by atoms with Crippen molar-refractivity contribution in [3.63, 3.8) is 0 Å². The quantitative estimate of drug-likeness (QED) is 0.204. The van der Waals surface area contributed by atoms with E-state index >= 15 is 0 Å². The fourth-order valence-corrected chi connectivity index (χ4v) is 4.44. The number of carbonyl (C=O) groups is 2. The predicted octanol–water partition coefficient (Wildman–Crippen LogP) is 5.86. The number of rotatable bonds is 12. The summed E-state index contributed by atoms with van der Waals surface area (Å²) in [6.45, 7) is 13.4. The Kier molecular flexibility index (Phi) is 11.4. The average molecular weight is 593 g/mol. The number of nitrogens with zero attached hydrogens (tertiary/aromatic N) is 3. The molecule has 0 unspecified atom stereocenters. The van der Waals surface area contributed by atoms with E-state index in [0.29, 0.717) is 16.8 Å². The minimum absolute atomic E-state index is 0.286. The van der Waals surface area contributed by atoms with Crippen molar-refractivity contribution in [2.45, 2.75) is 34.2 Å². The number of amides is 2. The molecule has 0 fully saturated rings. The Balaban J connectivity index is 1.62. The summed E-state index contributed by atoms with van der Waals surface area (Å²) in [5, 5.41) is 6.98. The van der Waals surface area contributed by atoms with Crippen molar-refractivity contribution in [1.29, 1.82) is 0 Å². The molecule has 0 radical (unpaired) electrons. The van der Waals surface area contributed by atoms with Crippen molar-refractivity contribution in [2.75, 3.05) is 38.5 Å². The molecule has 0 aliphatic rings. The average Bonchev–Trinajstić information content (AvgIpc) is 2.92. The van der Waals surface area contributed by atoms with Gasteiger partial charge in [0.2, 0.25) is 0 Å². The Morgan fingerprint density at radius 1 is 0.897 bits per heavy atom. The van der Waals surface area contributed by atoms with Gasteiger partial charge in [-0.25, -0.2) is 5.43 Å². The van der Waals surface area contributed by atoms with Gasteiger partial charge in [-0.1, -0.05) is 60.1 Å². The highest BCUT2D eigenvalue weighted by molar-refractivity contribution is 9.10. The van der Waals surface area contributed by atoms with Gasteiger partial charge < -0.3 is 15.1 Å². The maximum atomic E-state index is 13.0. The molecule has 0 aromatic heterocycles. The number of hydrazone groups is 1. The summed E-state index contributed by atoms with van der Waals surface area (Å²) in [5.74, 6) is -0.707. The van der Waals surface area contributed by atoms with Crippen LogP contribution in [0.5, 0.6) is 0 Å². The van der Waals surface area contributed by atoms with E-state index in [1.54, 1.807) is 24.4 Å². The largest absolute Gasteiger partial charge is 0.321 e. The maximum absolute atomic E-state index is 13.0. The number of aryl methyl sites for hydroxylation is 2. The van der Waals surface area contributed by atoms with Crippen LogP contribution < -0.4 is 10.7 Å². The molecule has 0 saturated heterocycles. The van der Waals surface area contributed by atoms with Crippen LogP contribution in [-0.4, -0.2) is 61.1 Å². The van der Waals surface area contributed by atoms with Gasteiger partial charge in [0.25, 0.3) is 11.8 Å². The van der Waals surface area contributed by atoms with Crippen LogP contribution in [0.2, 0.25) is 0 Å². The first-order valence-electron chi connectivity index (χ1n) is 13.2. The predicted molar refractivity (Wildman–Crippen MR) is 164 cm³/mol. The summed E-state index contributed by atoms with van der Waals surface area (Å²) in [5.41, 5.74) is 8.16. The minimum atomic E-state index is -0.421. The van der Waals surface area contributed by atoms with Crippen LogP contribution in [0.25, 0.3) is 0 Å². The van der Waals surface area contributed by atoms with Crippen LogP contribution >= 0.6 is 15.9 Å². The molecule has 39 heavy (non-hydrogen) atoms. The molecule has 7 nitrogen and oxygen atoms in total. The normalized spacial score (nSPS) is 11.4. The molecule has 2 amide bonds. The Morgan fingerprint density at radius 3 is 2.28 bits per heavy atom. The van der Waals surface area contributed by atoms with E-state index in [4.69, 9.17) is 0 Å². The lowest BCUT2D eigenvalue weighted by Crippen LogP contribution is -2.32. The number of likely N-dealkylation sites (N-methyl/N-ethyl adjacent to an activating group) is 2. The third kappa shape index (κ3) is 9.13. The van der Waals surface area contributed by atoms with Gasteiger partial charge >= 0.3 is 0 Å². The van der Waals surface area contributed by atoms with E-state index in [2.05, 4.69) is 62.5 Å². The summed E-state index contributed by atoms with van der Waals surface area (Å²) in [4.78, 5) is 30.6. The highest BCUT2D eigenvalue weighted by atomic mass is 79.9. The van der Waals surface area contributed by atoms with Gasteiger partial charge in [-0.2, -0.15) is 5.10 Å². The third-order valence-corrected chi connectivity index (χ3v) is 7.24. The zero-order chi connectivity index (χ0) is 28.4. The van der Waals surface area contributed by atoms with Gasteiger partial charge in [0.1, 0.15) is 0 Å². The second-order valence-electron chi connectivity index (χ2n) is 9.65. The summed E-state index contributed by atoms with van der Waals surface area (Å²) in [6.07, 6.45) is 1.60. The summed E-state index contributed by atoms with van der Waals surface area (Å²) >= 11 is 3.41. The molecule has 0 bridgehead atoms. The smallest absolute Gasteiger partial charge is 0.273 e. The zero-order valence-electron chi connectivity index (χ0n) is 23.4. The first kappa shape index (κ1) is 30.2. The SMILES string of the molecule is CCN(CC)CCN(C)Cc1ccc(C(=O)Nc2ccc(Br)cc2C(=O)N/N=C/c2ccc(C)c(C)c2)cc1. The lowest BCUT2D eigenvalue weighted by molar-refractivity contribution is 0.0956. The van der Waals surface area contributed by atoms with E-state index in [-0.39, 0.29) is 5.91 Å². The second kappa shape index (κ2) is 14.7. The van der Waals surface area contributed by atoms with Crippen molar-refractivity contribution >= 4 is 39.6 Å². The van der Waals surface area contributed by atoms with Crippen LogP contribution in [-0.2, 0) is 6.54 Å². The topological polar surface area (TPSA) is 77.0 Å². The Morgan fingerprint density at radius 2 is 1.62 bits per heavy atom. The van der Waals surface area contributed by atoms with Gasteiger partial charge in [-0.05, 0) is 86.6 Å². The fourth-order valence-electron chi connectivity index (χ4n) is 4.08. The van der Waals surface area contributed by atoms with Gasteiger partial charge in [-0.3, -0.25) is 9.59 Å². The zero-order valence-corrected chi connectivity index (χ0v) is 25.0. The lowest BCUT2D eigenvalue weighted by atomic mass is 10.1. The van der Waals surface area contributed by atoms with Crippen LogP contribution in [0.15, 0.2) is 70.2 Å². The van der Waals surface area contributed by atoms with Crippen LogP contribution in [0.3, 0.4) is 0 Å². The maximum Gasteiger partial charge on any atom is 0.273 e. The number of benzene rings is 3. The fraction of sp³-hybridized carbons (Fsp3) is 0.323. The number of halogens is 1. The van der Waals surface area contributed by atoms with Crippen molar-refractivity contribution in [3.8, 4) is 0 Å². The summed E-state index contributed by atoms with van der Waals surface area (Å²) in [7, 11) is 2.11. The van der Waals surface area contributed by atoms with Gasteiger partial charge in [0.15, 0.2) is 0 Å². The Hall–Kier alpha value is -3.33. The molecule has 206 valence electrons. The first-order valence-corrected chi connectivity index (χ1v) is 14.0. The molecule has 2 N–H and O–H groups in total. The molecule has 0 spiro atoms. The summed E-state index contributed by atoms with van der Waals surface area (Å²) in [6, 6.07) is 18.7.